The Kier molecular flexibility index (Phi) is 2.57. The van der Waals surface area contributed by atoms with Gasteiger partial charge in [-0.2, -0.15) is 4.98 Å². The average molecular weight is 167 g/mol. The van der Waals surface area contributed by atoms with Gasteiger partial charge in [-0.3, -0.25) is 4.79 Å². The van der Waals surface area contributed by atoms with Crippen LogP contribution in [-0.2, 0) is 11.3 Å². The normalized spacial score (nSPS) is 9.42. The molecule has 0 aliphatic heterocycles. The van der Waals surface area contributed by atoms with Gasteiger partial charge in [0.05, 0.1) is 6.54 Å². The van der Waals surface area contributed by atoms with E-state index in [2.05, 4.69) is 22.0 Å². The van der Waals surface area contributed by atoms with Gasteiger partial charge in [-0.25, -0.2) is 0 Å². The largest absolute Gasteiger partial charge is 0.343 e. The van der Waals surface area contributed by atoms with Gasteiger partial charge in [0, 0.05) is 0 Å². The molecule has 0 bridgehead atoms. The number of nitrogens with one attached hydrogen (secondary N) is 1. The zero-order chi connectivity index (χ0) is 8.97. The molecule has 1 heterocycles. The van der Waals surface area contributed by atoms with E-state index in [0.29, 0.717) is 11.7 Å². The molecule has 1 aromatic heterocycles. The van der Waals surface area contributed by atoms with Crippen LogP contribution in [0.1, 0.15) is 11.7 Å². The molecule has 0 fully saturated rings. The van der Waals surface area contributed by atoms with Crippen LogP contribution in [0.25, 0.3) is 0 Å². The van der Waals surface area contributed by atoms with Crippen molar-refractivity contribution in [3.8, 4) is 0 Å². The maximum atomic E-state index is 10.7. The van der Waals surface area contributed by atoms with Gasteiger partial charge in [-0.15, -0.1) is 0 Å². The van der Waals surface area contributed by atoms with Crippen LogP contribution in [-0.4, -0.2) is 16.0 Å². The molecule has 0 aliphatic rings. The third-order valence-electron chi connectivity index (χ3n) is 1.17. The van der Waals surface area contributed by atoms with Gasteiger partial charge in [0.1, 0.15) is 0 Å². The van der Waals surface area contributed by atoms with Crippen molar-refractivity contribution in [2.24, 2.45) is 0 Å². The fourth-order valence-electron chi connectivity index (χ4n) is 0.647. The molecule has 1 rings (SSSR count). The summed E-state index contributed by atoms with van der Waals surface area (Å²) in [6.07, 6.45) is 1.18. The first-order valence-electron chi connectivity index (χ1n) is 3.42. The van der Waals surface area contributed by atoms with Crippen molar-refractivity contribution >= 4 is 5.91 Å². The number of aromatic nitrogens is 2. The highest BCUT2D eigenvalue weighted by Gasteiger charge is 2.02. The van der Waals surface area contributed by atoms with Gasteiger partial charge >= 0.3 is 0 Å². The molecule has 12 heavy (non-hydrogen) atoms. The van der Waals surface area contributed by atoms with Crippen LogP contribution in [0.5, 0.6) is 0 Å². The molecule has 0 unspecified atom stereocenters. The molecule has 0 atom stereocenters. The van der Waals surface area contributed by atoms with E-state index < -0.39 is 0 Å². The average Bonchev–Trinajstić information content (AvgIpc) is 2.47. The Bertz CT molecular complexity index is 293. The van der Waals surface area contributed by atoms with Crippen molar-refractivity contribution in [1.29, 1.82) is 0 Å². The second-order valence-electron chi connectivity index (χ2n) is 2.16. The van der Waals surface area contributed by atoms with Crippen molar-refractivity contribution in [1.82, 2.24) is 15.5 Å². The zero-order valence-electron chi connectivity index (χ0n) is 6.70. The van der Waals surface area contributed by atoms with E-state index in [-0.39, 0.29) is 12.5 Å². The van der Waals surface area contributed by atoms with Gasteiger partial charge in [-0.05, 0) is 13.0 Å². The highest BCUT2D eigenvalue weighted by atomic mass is 16.5. The summed E-state index contributed by atoms with van der Waals surface area (Å²) in [7, 11) is 0. The number of carbonyl (C=O) groups is 1. The van der Waals surface area contributed by atoms with Crippen LogP contribution in [0.4, 0.5) is 0 Å². The molecular weight excluding hydrogens is 158 g/mol. The van der Waals surface area contributed by atoms with Crippen LogP contribution < -0.4 is 5.32 Å². The number of carbonyl (C=O) groups excluding carboxylic acids is 1. The highest BCUT2D eigenvalue weighted by molar-refractivity contribution is 5.86. The topological polar surface area (TPSA) is 68.0 Å². The molecule has 0 aliphatic carbocycles. The van der Waals surface area contributed by atoms with Crippen molar-refractivity contribution < 1.29 is 9.32 Å². The first-order chi connectivity index (χ1) is 5.72. The Morgan fingerprint density at radius 3 is 3.08 bits per heavy atom. The lowest BCUT2D eigenvalue weighted by Crippen LogP contribution is -2.20. The monoisotopic (exact) mass is 167 g/mol. The Balaban J connectivity index is 2.43. The Hall–Kier alpha value is -1.65. The number of hydrogen-bond donors (Lipinski definition) is 1. The van der Waals surface area contributed by atoms with Gasteiger partial charge in [0.2, 0.25) is 11.8 Å². The van der Waals surface area contributed by atoms with Gasteiger partial charge < -0.3 is 9.84 Å². The smallest absolute Gasteiger partial charge is 0.246 e. The van der Waals surface area contributed by atoms with E-state index in [0.717, 1.165) is 0 Å². The van der Waals surface area contributed by atoms with E-state index in [1.54, 1.807) is 6.92 Å². The summed E-state index contributed by atoms with van der Waals surface area (Å²) < 4.78 is 4.75. The van der Waals surface area contributed by atoms with Gasteiger partial charge in [0.25, 0.3) is 0 Å². The molecule has 5 nitrogen and oxygen atoms in total. The lowest BCUT2D eigenvalue weighted by molar-refractivity contribution is -0.116. The van der Waals surface area contributed by atoms with Crippen LogP contribution in [0, 0.1) is 6.92 Å². The van der Waals surface area contributed by atoms with Crippen molar-refractivity contribution in [3.05, 3.63) is 24.4 Å². The third-order valence-corrected chi connectivity index (χ3v) is 1.17. The summed E-state index contributed by atoms with van der Waals surface area (Å²) in [5.74, 6) is 0.686. The second-order valence-corrected chi connectivity index (χ2v) is 2.16. The standard InChI is InChI=1S/C7H9N3O2/c1-3-6(11)8-4-7-9-5(2)10-12-7/h3H,1,4H2,2H3,(H,8,11). The molecule has 1 aromatic rings. The maximum Gasteiger partial charge on any atom is 0.246 e. The fourth-order valence-corrected chi connectivity index (χ4v) is 0.647. The second kappa shape index (κ2) is 3.66. The lowest BCUT2D eigenvalue weighted by Gasteiger charge is -1.94. The first kappa shape index (κ1) is 8.45. The van der Waals surface area contributed by atoms with Crippen molar-refractivity contribution in [2.45, 2.75) is 13.5 Å². The number of hydrogen-bond acceptors (Lipinski definition) is 4. The maximum absolute atomic E-state index is 10.7. The minimum absolute atomic E-state index is 0.242. The predicted octanol–water partition coefficient (Wildman–Crippen LogP) is 0.180. The van der Waals surface area contributed by atoms with E-state index in [1.165, 1.54) is 6.08 Å². The molecule has 0 saturated carbocycles. The molecule has 0 spiro atoms. The third kappa shape index (κ3) is 2.19. The quantitative estimate of drug-likeness (QED) is 0.652. The van der Waals surface area contributed by atoms with Crippen LogP contribution in [0.15, 0.2) is 17.2 Å². The van der Waals surface area contributed by atoms with Gasteiger partial charge in [-0.1, -0.05) is 11.7 Å². The summed E-state index contributed by atoms with van der Waals surface area (Å²) in [6, 6.07) is 0. The number of amides is 1. The summed E-state index contributed by atoms with van der Waals surface area (Å²) in [5.41, 5.74) is 0. The SMILES string of the molecule is C=CC(=O)NCc1nc(C)no1. The van der Waals surface area contributed by atoms with Crippen LogP contribution in [0.3, 0.4) is 0 Å². The molecular formula is C7H9N3O2. The summed E-state index contributed by atoms with van der Waals surface area (Å²) in [5, 5.41) is 6.07. The van der Waals surface area contributed by atoms with Gasteiger partial charge in [0.15, 0.2) is 5.82 Å². The zero-order valence-corrected chi connectivity index (χ0v) is 6.70. The predicted molar refractivity (Wildman–Crippen MR) is 41.1 cm³/mol. The lowest BCUT2D eigenvalue weighted by atomic mass is 10.5. The van der Waals surface area contributed by atoms with E-state index in [1.807, 2.05) is 0 Å². The Labute approximate surface area is 69.5 Å². The fraction of sp³-hybridized carbons (Fsp3) is 0.286. The van der Waals surface area contributed by atoms with Crippen LogP contribution >= 0.6 is 0 Å². The molecule has 0 aromatic carbocycles. The van der Waals surface area contributed by atoms with E-state index in [4.69, 9.17) is 4.52 Å². The van der Waals surface area contributed by atoms with Crippen molar-refractivity contribution in [3.63, 3.8) is 0 Å². The van der Waals surface area contributed by atoms with E-state index in [9.17, 15) is 4.79 Å². The molecule has 0 saturated heterocycles. The summed E-state index contributed by atoms with van der Waals surface area (Å²) >= 11 is 0. The summed E-state index contributed by atoms with van der Waals surface area (Å²) in [4.78, 5) is 14.6. The number of nitrogens with zero attached hydrogens (tertiary/aromatic N) is 2. The number of rotatable bonds is 3. The van der Waals surface area contributed by atoms with Crippen LogP contribution in [0.2, 0.25) is 0 Å². The minimum atomic E-state index is -0.258. The first-order valence-corrected chi connectivity index (χ1v) is 3.42. The Morgan fingerprint density at radius 1 is 1.83 bits per heavy atom. The minimum Gasteiger partial charge on any atom is -0.343 e. The Morgan fingerprint density at radius 2 is 2.58 bits per heavy atom. The summed E-state index contributed by atoms with van der Waals surface area (Å²) in [6.45, 7) is 5.25. The molecule has 0 radical (unpaired) electrons. The van der Waals surface area contributed by atoms with E-state index >= 15 is 0 Å². The molecule has 64 valence electrons. The molecule has 1 amide bonds. The molecule has 1 N–H and O–H groups in total. The highest BCUT2D eigenvalue weighted by Crippen LogP contribution is 1.93. The number of aryl methyl sites for hydroxylation is 1. The molecule has 5 heteroatoms. The van der Waals surface area contributed by atoms with Crippen molar-refractivity contribution in [2.75, 3.05) is 0 Å².